The number of likely N-dealkylation sites (tertiary alicyclic amines) is 1. The zero-order chi connectivity index (χ0) is 14.9. The number of rotatable bonds is 2. The smallest absolute Gasteiger partial charge is 0.246 e. The molecule has 0 saturated carbocycles. The Bertz CT molecular complexity index is 413. The van der Waals surface area contributed by atoms with E-state index in [0.717, 1.165) is 44.8 Å². The Balaban J connectivity index is 1.59. The molecule has 2 amide bonds. The molecule has 3 fully saturated rings. The van der Waals surface area contributed by atoms with Crippen LogP contribution in [0, 0.1) is 5.41 Å². The first-order valence-electron chi connectivity index (χ1n) is 8.02. The van der Waals surface area contributed by atoms with Gasteiger partial charge in [-0.2, -0.15) is 0 Å². The van der Waals surface area contributed by atoms with E-state index in [9.17, 15) is 9.59 Å². The van der Waals surface area contributed by atoms with Gasteiger partial charge in [-0.15, -0.1) is 11.8 Å². The second-order valence-corrected chi connectivity index (χ2v) is 7.48. The molecule has 118 valence electrons. The van der Waals surface area contributed by atoms with Gasteiger partial charge in [0.1, 0.15) is 6.04 Å². The molecule has 1 unspecified atom stereocenters. The van der Waals surface area contributed by atoms with Crippen molar-refractivity contribution in [2.24, 2.45) is 5.41 Å². The zero-order valence-corrected chi connectivity index (χ0v) is 13.6. The van der Waals surface area contributed by atoms with Crippen molar-refractivity contribution >= 4 is 23.6 Å². The van der Waals surface area contributed by atoms with Crippen molar-refractivity contribution in [3.8, 4) is 0 Å². The maximum Gasteiger partial charge on any atom is 0.246 e. The summed E-state index contributed by atoms with van der Waals surface area (Å²) in [6, 6.07) is -0.224. The van der Waals surface area contributed by atoms with Crippen LogP contribution in [0.2, 0.25) is 0 Å². The Hall–Kier alpha value is -0.750. The van der Waals surface area contributed by atoms with E-state index in [1.165, 1.54) is 6.42 Å². The lowest BCUT2D eigenvalue weighted by Gasteiger charge is -2.40. The summed E-state index contributed by atoms with van der Waals surface area (Å²) in [5.41, 5.74) is 0.431. The molecule has 3 rings (SSSR count). The van der Waals surface area contributed by atoms with E-state index >= 15 is 0 Å². The molecule has 5 nitrogen and oxygen atoms in total. The average Bonchev–Trinajstić information content (AvgIpc) is 3.16. The number of nitrogens with zero attached hydrogens (tertiary/aromatic N) is 2. The quantitative estimate of drug-likeness (QED) is 0.823. The minimum atomic E-state index is -0.224. The second-order valence-electron chi connectivity index (χ2n) is 6.48. The number of hydrogen-bond donors (Lipinski definition) is 1. The van der Waals surface area contributed by atoms with Gasteiger partial charge in [0.05, 0.1) is 5.88 Å². The van der Waals surface area contributed by atoms with Crippen molar-refractivity contribution in [2.75, 3.05) is 37.8 Å². The number of amides is 2. The Morgan fingerprint density at radius 3 is 2.67 bits per heavy atom. The first-order valence-corrected chi connectivity index (χ1v) is 9.17. The molecule has 0 aromatic heterocycles. The van der Waals surface area contributed by atoms with Gasteiger partial charge >= 0.3 is 0 Å². The van der Waals surface area contributed by atoms with Crippen LogP contribution in [0.5, 0.6) is 0 Å². The van der Waals surface area contributed by atoms with Gasteiger partial charge in [0.25, 0.3) is 0 Å². The van der Waals surface area contributed by atoms with Crippen LogP contribution in [0.15, 0.2) is 0 Å². The summed E-state index contributed by atoms with van der Waals surface area (Å²) < 4.78 is 0. The summed E-state index contributed by atoms with van der Waals surface area (Å²) in [5.74, 6) is 1.70. The van der Waals surface area contributed by atoms with Gasteiger partial charge in [-0.05, 0) is 31.2 Å². The summed E-state index contributed by atoms with van der Waals surface area (Å²) in [6.45, 7) is 5.80. The van der Waals surface area contributed by atoms with Crippen LogP contribution < -0.4 is 5.32 Å². The van der Waals surface area contributed by atoms with Crippen molar-refractivity contribution < 1.29 is 9.59 Å². The highest BCUT2D eigenvalue weighted by atomic mass is 32.2. The maximum atomic E-state index is 12.7. The molecule has 0 aliphatic carbocycles. The molecule has 0 aromatic carbocycles. The standard InChI is InChI=1S/C15H25N3O2S/c1-2-13(19)18-11-21-9-12(18)14(20)17-7-4-15(5-8-17)3-6-16-10-15/h12,16H,2-11H2,1H3. The number of hydrogen-bond acceptors (Lipinski definition) is 4. The largest absolute Gasteiger partial charge is 0.341 e. The van der Waals surface area contributed by atoms with Gasteiger partial charge in [0.15, 0.2) is 0 Å². The first kappa shape index (κ1) is 15.2. The predicted molar refractivity (Wildman–Crippen MR) is 84.0 cm³/mol. The van der Waals surface area contributed by atoms with Gasteiger partial charge in [-0.3, -0.25) is 9.59 Å². The highest BCUT2D eigenvalue weighted by Crippen LogP contribution is 2.37. The van der Waals surface area contributed by atoms with Crippen LogP contribution in [0.3, 0.4) is 0 Å². The maximum absolute atomic E-state index is 12.7. The van der Waals surface area contributed by atoms with Crippen molar-refractivity contribution in [1.82, 2.24) is 15.1 Å². The molecule has 1 N–H and O–H groups in total. The van der Waals surface area contributed by atoms with Crippen LogP contribution in [-0.4, -0.2) is 65.5 Å². The average molecular weight is 311 g/mol. The van der Waals surface area contributed by atoms with Crippen molar-refractivity contribution in [2.45, 2.75) is 38.6 Å². The predicted octanol–water partition coefficient (Wildman–Crippen LogP) is 0.900. The topological polar surface area (TPSA) is 52.7 Å². The molecular weight excluding hydrogens is 286 g/mol. The minimum Gasteiger partial charge on any atom is -0.341 e. The van der Waals surface area contributed by atoms with Gasteiger partial charge in [-0.1, -0.05) is 6.92 Å². The van der Waals surface area contributed by atoms with E-state index in [1.54, 1.807) is 16.7 Å². The first-order chi connectivity index (χ1) is 10.2. The number of carbonyl (C=O) groups excluding carboxylic acids is 2. The molecule has 3 aliphatic rings. The van der Waals surface area contributed by atoms with E-state index in [0.29, 0.717) is 17.7 Å². The molecule has 6 heteroatoms. The third-order valence-electron chi connectivity index (χ3n) is 5.26. The van der Waals surface area contributed by atoms with Crippen LogP contribution in [0.1, 0.15) is 32.6 Å². The third-order valence-corrected chi connectivity index (χ3v) is 6.27. The highest BCUT2D eigenvalue weighted by Gasteiger charge is 2.41. The van der Waals surface area contributed by atoms with E-state index in [1.807, 2.05) is 11.8 Å². The molecule has 3 aliphatic heterocycles. The fourth-order valence-corrected chi connectivity index (χ4v) is 4.90. The van der Waals surface area contributed by atoms with E-state index < -0.39 is 0 Å². The molecule has 0 radical (unpaired) electrons. The number of thioether (sulfide) groups is 1. The summed E-state index contributed by atoms with van der Waals surface area (Å²) in [7, 11) is 0. The van der Waals surface area contributed by atoms with Gasteiger partial charge < -0.3 is 15.1 Å². The van der Waals surface area contributed by atoms with Gasteiger partial charge in [0.2, 0.25) is 11.8 Å². The zero-order valence-electron chi connectivity index (χ0n) is 12.8. The molecule has 1 atom stereocenters. The lowest BCUT2D eigenvalue weighted by molar-refractivity contribution is -0.144. The van der Waals surface area contributed by atoms with Crippen molar-refractivity contribution in [1.29, 1.82) is 0 Å². The monoisotopic (exact) mass is 311 g/mol. The second kappa shape index (κ2) is 6.16. The Kier molecular flexibility index (Phi) is 4.45. The van der Waals surface area contributed by atoms with Crippen LogP contribution in [-0.2, 0) is 9.59 Å². The summed E-state index contributed by atoms with van der Waals surface area (Å²) in [6.07, 6.45) is 3.94. The van der Waals surface area contributed by atoms with Gasteiger partial charge in [-0.25, -0.2) is 0 Å². The summed E-state index contributed by atoms with van der Waals surface area (Å²) in [4.78, 5) is 28.5. The number of piperidine rings is 1. The molecule has 1 spiro atoms. The van der Waals surface area contributed by atoms with E-state index in [-0.39, 0.29) is 17.9 Å². The minimum absolute atomic E-state index is 0.104. The lowest BCUT2D eigenvalue weighted by Crippen LogP contribution is -2.52. The van der Waals surface area contributed by atoms with Gasteiger partial charge in [0, 0.05) is 31.8 Å². The number of nitrogens with one attached hydrogen (secondary N) is 1. The summed E-state index contributed by atoms with van der Waals surface area (Å²) >= 11 is 1.69. The summed E-state index contributed by atoms with van der Waals surface area (Å²) in [5, 5.41) is 3.45. The van der Waals surface area contributed by atoms with Crippen LogP contribution in [0.4, 0.5) is 0 Å². The molecule has 3 saturated heterocycles. The molecule has 21 heavy (non-hydrogen) atoms. The Labute approximate surface area is 130 Å². The van der Waals surface area contributed by atoms with Crippen LogP contribution in [0.25, 0.3) is 0 Å². The molecule has 0 aromatic rings. The normalized spacial score (nSPS) is 28.3. The lowest BCUT2D eigenvalue weighted by atomic mass is 9.78. The highest BCUT2D eigenvalue weighted by molar-refractivity contribution is 7.99. The van der Waals surface area contributed by atoms with Crippen molar-refractivity contribution in [3.05, 3.63) is 0 Å². The molecule has 3 heterocycles. The van der Waals surface area contributed by atoms with Crippen LogP contribution >= 0.6 is 11.8 Å². The SMILES string of the molecule is CCC(=O)N1CSCC1C(=O)N1CCC2(CCNC2)CC1. The third kappa shape index (κ3) is 2.93. The van der Waals surface area contributed by atoms with E-state index in [2.05, 4.69) is 5.32 Å². The Morgan fingerprint density at radius 2 is 2.05 bits per heavy atom. The van der Waals surface area contributed by atoms with E-state index in [4.69, 9.17) is 0 Å². The number of carbonyl (C=O) groups is 2. The molecular formula is C15H25N3O2S. The fourth-order valence-electron chi connectivity index (χ4n) is 3.73. The fraction of sp³-hybridized carbons (Fsp3) is 0.867. The Morgan fingerprint density at radius 1 is 1.29 bits per heavy atom. The van der Waals surface area contributed by atoms with Crippen molar-refractivity contribution in [3.63, 3.8) is 0 Å². The molecule has 0 bridgehead atoms.